The molecule has 6 nitrogen and oxygen atoms in total. The highest BCUT2D eigenvalue weighted by Crippen LogP contribution is 2.23. The molecule has 0 unspecified atom stereocenters. The number of carbonyl (C=O) groups is 1. The van der Waals surface area contributed by atoms with E-state index in [4.69, 9.17) is 0 Å². The first-order valence-corrected chi connectivity index (χ1v) is 11.4. The minimum atomic E-state index is -3.76. The van der Waals surface area contributed by atoms with E-state index in [0.29, 0.717) is 0 Å². The Bertz CT molecular complexity index is 1330. The average molecular weight is 436 g/mol. The standard InChI is InChI=1S/C22H17N3O3S2/c26-22(24-23-15-16-11-12-17-6-1-2-7-18(17)14-16)19-8-3-4-9-20(19)25-30(27,28)21-10-5-13-29-21/h1-15,25H,(H,24,26)/b23-15+. The number of carbonyl (C=O) groups excluding carboxylic acids is 1. The lowest BCUT2D eigenvalue weighted by atomic mass is 10.1. The molecule has 4 aromatic rings. The minimum absolute atomic E-state index is 0.173. The highest BCUT2D eigenvalue weighted by atomic mass is 32.2. The lowest BCUT2D eigenvalue weighted by Gasteiger charge is -2.10. The minimum Gasteiger partial charge on any atom is -0.278 e. The number of rotatable bonds is 6. The number of hydrogen-bond donors (Lipinski definition) is 2. The second kappa shape index (κ2) is 8.48. The number of anilines is 1. The molecule has 2 N–H and O–H groups in total. The van der Waals surface area contributed by atoms with E-state index in [-0.39, 0.29) is 15.5 Å². The van der Waals surface area contributed by atoms with E-state index in [0.717, 1.165) is 27.7 Å². The number of benzene rings is 3. The number of sulfonamides is 1. The largest absolute Gasteiger partial charge is 0.278 e. The van der Waals surface area contributed by atoms with Crippen LogP contribution in [0.15, 0.2) is 93.6 Å². The van der Waals surface area contributed by atoms with Crippen molar-refractivity contribution in [3.8, 4) is 0 Å². The van der Waals surface area contributed by atoms with E-state index < -0.39 is 15.9 Å². The van der Waals surface area contributed by atoms with Crippen LogP contribution >= 0.6 is 11.3 Å². The van der Waals surface area contributed by atoms with E-state index in [1.165, 1.54) is 18.2 Å². The van der Waals surface area contributed by atoms with Gasteiger partial charge in [0.25, 0.3) is 15.9 Å². The van der Waals surface area contributed by atoms with Gasteiger partial charge in [0.2, 0.25) is 0 Å². The molecule has 0 aliphatic heterocycles. The molecule has 4 rings (SSSR count). The molecular formula is C22H17N3O3S2. The molecule has 3 aromatic carbocycles. The molecule has 150 valence electrons. The Labute approximate surface area is 177 Å². The Hall–Kier alpha value is -3.49. The van der Waals surface area contributed by atoms with Gasteiger partial charge in [0.05, 0.1) is 17.5 Å². The van der Waals surface area contributed by atoms with Crippen LogP contribution in [0, 0.1) is 0 Å². The van der Waals surface area contributed by atoms with Gasteiger partial charge in [-0.3, -0.25) is 9.52 Å². The highest BCUT2D eigenvalue weighted by Gasteiger charge is 2.19. The lowest BCUT2D eigenvalue weighted by Crippen LogP contribution is -2.21. The number of amides is 1. The highest BCUT2D eigenvalue weighted by molar-refractivity contribution is 7.94. The van der Waals surface area contributed by atoms with E-state index in [1.54, 1.807) is 29.8 Å². The summed E-state index contributed by atoms with van der Waals surface area (Å²) in [5.74, 6) is -0.517. The molecule has 0 saturated heterocycles. The van der Waals surface area contributed by atoms with E-state index >= 15 is 0 Å². The molecule has 0 bridgehead atoms. The van der Waals surface area contributed by atoms with Gasteiger partial charge in [0, 0.05) is 0 Å². The summed E-state index contributed by atoms with van der Waals surface area (Å²) in [4.78, 5) is 12.6. The van der Waals surface area contributed by atoms with Crippen LogP contribution in [0.5, 0.6) is 0 Å². The molecule has 0 atom stereocenters. The fourth-order valence-electron chi connectivity index (χ4n) is 2.90. The van der Waals surface area contributed by atoms with Crippen molar-refractivity contribution in [2.75, 3.05) is 4.72 Å². The summed E-state index contributed by atoms with van der Waals surface area (Å²) in [7, 11) is -3.76. The van der Waals surface area contributed by atoms with E-state index in [2.05, 4.69) is 15.2 Å². The summed E-state index contributed by atoms with van der Waals surface area (Å²) in [5, 5.41) is 7.87. The maximum atomic E-state index is 12.6. The van der Waals surface area contributed by atoms with Crippen molar-refractivity contribution in [2.24, 2.45) is 5.10 Å². The molecule has 1 aromatic heterocycles. The molecule has 1 amide bonds. The second-order valence-corrected chi connectivity index (χ2v) is 9.25. The van der Waals surface area contributed by atoms with Crippen LogP contribution in [0.1, 0.15) is 15.9 Å². The Balaban J connectivity index is 1.50. The molecule has 1 heterocycles. The van der Waals surface area contributed by atoms with Gasteiger partial charge in [-0.05, 0) is 46.0 Å². The van der Waals surface area contributed by atoms with Crippen molar-refractivity contribution in [1.29, 1.82) is 0 Å². The van der Waals surface area contributed by atoms with Crippen molar-refractivity contribution in [2.45, 2.75) is 4.21 Å². The third-order valence-corrected chi connectivity index (χ3v) is 7.09. The molecule has 0 saturated carbocycles. The number of nitrogens with one attached hydrogen (secondary N) is 2. The predicted octanol–water partition coefficient (Wildman–Crippen LogP) is 4.47. The van der Waals surface area contributed by atoms with Crippen molar-refractivity contribution in [1.82, 2.24) is 5.43 Å². The van der Waals surface area contributed by atoms with Crippen LogP contribution in [-0.2, 0) is 10.0 Å². The molecule has 8 heteroatoms. The number of hydrogen-bond acceptors (Lipinski definition) is 5. The molecule has 0 spiro atoms. The molecule has 0 fully saturated rings. The van der Waals surface area contributed by atoms with Gasteiger partial charge in [-0.25, -0.2) is 13.8 Å². The third-order valence-electron chi connectivity index (χ3n) is 4.33. The summed E-state index contributed by atoms with van der Waals surface area (Å²) in [6, 6.07) is 23.3. The summed E-state index contributed by atoms with van der Waals surface area (Å²) < 4.78 is 27.6. The fraction of sp³-hybridized carbons (Fsp3) is 0. The van der Waals surface area contributed by atoms with Gasteiger partial charge in [-0.2, -0.15) is 5.10 Å². The molecular weight excluding hydrogens is 418 g/mol. The molecule has 0 aliphatic rings. The Morgan fingerprint density at radius 1 is 0.900 bits per heavy atom. The number of hydrazone groups is 1. The van der Waals surface area contributed by atoms with Gasteiger partial charge in [0.1, 0.15) is 4.21 Å². The van der Waals surface area contributed by atoms with Crippen LogP contribution in [0.3, 0.4) is 0 Å². The Kier molecular flexibility index (Phi) is 5.60. The van der Waals surface area contributed by atoms with Crippen molar-refractivity contribution in [3.05, 3.63) is 95.4 Å². The SMILES string of the molecule is O=C(N/N=C/c1ccc2ccccc2c1)c1ccccc1NS(=O)(=O)c1cccs1. The zero-order valence-corrected chi connectivity index (χ0v) is 17.3. The van der Waals surface area contributed by atoms with Gasteiger partial charge >= 0.3 is 0 Å². The van der Waals surface area contributed by atoms with Crippen LogP contribution < -0.4 is 10.1 Å². The molecule has 30 heavy (non-hydrogen) atoms. The summed E-state index contributed by atoms with van der Waals surface area (Å²) in [5.41, 5.74) is 3.65. The van der Waals surface area contributed by atoms with E-state index in [1.807, 2.05) is 42.5 Å². The molecule has 0 radical (unpaired) electrons. The number of para-hydroxylation sites is 1. The normalized spacial score (nSPS) is 11.6. The quantitative estimate of drug-likeness (QED) is 0.346. The van der Waals surface area contributed by atoms with Gasteiger partial charge in [-0.15, -0.1) is 11.3 Å². The van der Waals surface area contributed by atoms with Crippen LogP contribution in [0.2, 0.25) is 0 Å². The summed E-state index contributed by atoms with van der Waals surface area (Å²) in [6.45, 7) is 0. The van der Waals surface area contributed by atoms with Crippen LogP contribution in [0.25, 0.3) is 10.8 Å². The van der Waals surface area contributed by atoms with Gasteiger partial charge in [0.15, 0.2) is 0 Å². The zero-order chi connectivity index (χ0) is 21.0. The monoisotopic (exact) mass is 435 g/mol. The fourth-order valence-corrected chi connectivity index (χ4v) is 4.97. The molecule has 0 aliphatic carbocycles. The maximum absolute atomic E-state index is 12.6. The predicted molar refractivity (Wildman–Crippen MR) is 121 cm³/mol. The summed E-state index contributed by atoms with van der Waals surface area (Å²) in [6.07, 6.45) is 1.54. The summed E-state index contributed by atoms with van der Waals surface area (Å²) >= 11 is 1.10. The first-order chi connectivity index (χ1) is 14.5. The number of fused-ring (bicyclic) bond motifs is 1. The maximum Gasteiger partial charge on any atom is 0.273 e. The Morgan fingerprint density at radius 2 is 1.67 bits per heavy atom. The van der Waals surface area contributed by atoms with Crippen molar-refractivity contribution < 1.29 is 13.2 Å². The first-order valence-electron chi connectivity index (χ1n) is 9.00. The second-order valence-electron chi connectivity index (χ2n) is 6.39. The van der Waals surface area contributed by atoms with Gasteiger partial charge < -0.3 is 0 Å². The topological polar surface area (TPSA) is 87.6 Å². The van der Waals surface area contributed by atoms with Crippen LogP contribution in [0.4, 0.5) is 5.69 Å². The first kappa shape index (κ1) is 19.8. The lowest BCUT2D eigenvalue weighted by molar-refractivity contribution is 0.0956. The van der Waals surface area contributed by atoms with Crippen molar-refractivity contribution >= 4 is 49.9 Å². The average Bonchev–Trinajstić information content (AvgIpc) is 3.30. The van der Waals surface area contributed by atoms with Gasteiger partial charge in [-0.1, -0.05) is 54.6 Å². The van der Waals surface area contributed by atoms with E-state index in [9.17, 15) is 13.2 Å². The Morgan fingerprint density at radius 3 is 2.47 bits per heavy atom. The van der Waals surface area contributed by atoms with Crippen molar-refractivity contribution in [3.63, 3.8) is 0 Å². The third kappa shape index (κ3) is 4.40. The number of nitrogens with zero attached hydrogens (tertiary/aromatic N) is 1. The number of thiophene rings is 1. The zero-order valence-electron chi connectivity index (χ0n) is 15.6. The van der Waals surface area contributed by atoms with Crippen LogP contribution in [-0.4, -0.2) is 20.5 Å². The smallest absolute Gasteiger partial charge is 0.273 e.